The number of nitrogens with zero attached hydrogens (tertiary/aromatic N) is 2. The van der Waals surface area contributed by atoms with E-state index in [0.29, 0.717) is 36.1 Å². The van der Waals surface area contributed by atoms with E-state index in [0.717, 1.165) is 22.5 Å². The highest BCUT2D eigenvalue weighted by Gasteiger charge is 2.43. The number of rotatable bonds is 5. The first-order valence-electron chi connectivity index (χ1n) is 10.5. The minimum atomic E-state index is -0.797. The van der Waals surface area contributed by atoms with Gasteiger partial charge < -0.3 is 10.1 Å². The summed E-state index contributed by atoms with van der Waals surface area (Å²) in [4.78, 5) is 13.6. The molecule has 168 valence electrons. The third kappa shape index (κ3) is 4.27. The molecule has 32 heavy (non-hydrogen) atoms. The van der Waals surface area contributed by atoms with Crippen molar-refractivity contribution < 1.29 is 13.9 Å². The summed E-state index contributed by atoms with van der Waals surface area (Å²) in [6.45, 7) is 4.80. The van der Waals surface area contributed by atoms with Crippen molar-refractivity contribution in [3.8, 4) is 5.69 Å². The van der Waals surface area contributed by atoms with Crippen LogP contribution in [-0.2, 0) is 14.9 Å². The number of hydrogen-bond acceptors (Lipinski definition) is 3. The molecule has 0 bridgehead atoms. The van der Waals surface area contributed by atoms with E-state index in [-0.39, 0.29) is 17.8 Å². The standard InChI is InChI=1S/C24H24Cl2FN3O2/c1-15(20-14-28-30(16(20)2)19-6-4-18(27)5-7-19)29-23(31)24(9-11-32-12-10-24)21-8-3-17(25)13-22(21)26/h3-8,13-15H,9-12H2,1-2H3,(H,29,31). The predicted octanol–water partition coefficient (Wildman–Crippen LogP) is 5.55. The highest BCUT2D eigenvalue weighted by atomic mass is 35.5. The summed E-state index contributed by atoms with van der Waals surface area (Å²) in [5, 5.41) is 8.61. The number of carbonyl (C=O) groups is 1. The van der Waals surface area contributed by atoms with Crippen LogP contribution in [0.2, 0.25) is 10.0 Å². The Morgan fingerprint density at radius 1 is 1.19 bits per heavy atom. The fourth-order valence-corrected chi connectivity index (χ4v) is 4.91. The lowest BCUT2D eigenvalue weighted by atomic mass is 9.73. The molecule has 8 heteroatoms. The van der Waals surface area contributed by atoms with Gasteiger partial charge in [0.2, 0.25) is 5.91 Å². The van der Waals surface area contributed by atoms with Gasteiger partial charge in [-0.1, -0.05) is 29.3 Å². The van der Waals surface area contributed by atoms with Gasteiger partial charge in [-0.2, -0.15) is 5.10 Å². The Morgan fingerprint density at radius 2 is 1.88 bits per heavy atom. The Labute approximate surface area is 196 Å². The molecule has 1 aromatic heterocycles. The van der Waals surface area contributed by atoms with Crippen molar-refractivity contribution in [1.82, 2.24) is 15.1 Å². The van der Waals surface area contributed by atoms with Crippen molar-refractivity contribution in [2.75, 3.05) is 13.2 Å². The molecular formula is C24H24Cl2FN3O2. The summed E-state index contributed by atoms with van der Waals surface area (Å²) in [5.74, 6) is -0.409. The molecule has 1 aliphatic rings. The molecule has 1 aliphatic heterocycles. The van der Waals surface area contributed by atoms with Crippen LogP contribution >= 0.6 is 23.2 Å². The van der Waals surface area contributed by atoms with Crippen molar-refractivity contribution in [2.45, 2.75) is 38.1 Å². The molecule has 2 heterocycles. The molecule has 3 aromatic rings. The van der Waals surface area contributed by atoms with Crippen LogP contribution in [-0.4, -0.2) is 28.9 Å². The average molecular weight is 476 g/mol. The van der Waals surface area contributed by atoms with Gasteiger partial charge in [0, 0.05) is 34.5 Å². The smallest absolute Gasteiger partial charge is 0.231 e. The molecule has 1 amide bonds. The van der Waals surface area contributed by atoms with Gasteiger partial charge in [0.05, 0.1) is 23.3 Å². The number of amides is 1. The molecule has 1 unspecified atom stereocenters. The van der Waals surface area contributed by atoms with Gasteiger partial charge >= 0.3 is 0 Å². The SMILES string of the molecule is Cc1c(C(C)NC(=O)C2(c3ccc(Cl)cc3Cl)CCOCC2)cnn1-c1ccc(F)cc1. The third-order valence-corrected chi connectivity index (χ3v) is 6.71. The first-order chi connectivity index (χ1) is 15.3. The van der Waals surface area contributed by atoms with E-state index in [1.807, 2.05) is 19.9 Å². The van der Waals surface area contributed by atoms with E-state index in [9.17, 15) is 9.18 Å². The van der Waals surface area contributed by atoms with E-state index >= 15 is 0 Å². The maximum Gasteiger partial charge on any atom is 0.231 e. The average Bonchev–Trinajstić information content (AvgIpc) is 3.16. The molecular weight excluding hydrogens is 452 g/mol. The minimum absolute atomic E-state index is 0.105. The summed E-state index contributed by atoms with van der Waals surface area (Å²) in [5.41, 5.74) is 2.47. The summed E-state index contributed by atoms with van der Waals surface area (Å²) in [6, 6.07) is 11.1. The maximum absolute atomic E-state index is 13.6. The van der Waals surface area contributed by atoms with Crippen molar-refractivity contribution >= 4 is 29.1 Å². The molecule has 4 rings (SSSR count). The quantitative estimate of drug-likeness (QED) is 0.525. The van der Waals surface area contributed by atoms with Crippen molar-refractivity contribution in [3.05, 3.63) is 81.3 Å². The van der Waals surface area contributed by atoms with Gasteiger partial charge in [-0.25, -0.2) is 9.07 Å². The molecule has 1 saturated heterocycles. The van der Waals surface area contributed by atoms with Crippen LogP contribution in [0, 0.1) is 12.7 Å². The summed E-state index contributed by atoms with van der Waals surface area (Å²) in [6.07, 6.45) is 2.79. The van der Waals surface area contributed by atoms with Crippen LogP contribution in [0.5, 0.6) is 0 Å². The Kier molecular flexibility index (Phi) is 6.56. The van der Waals surface area contributed by atoms with Crippen LogP contribution in [0.15, 0.2) is 48.7 Å². The first-order valence-corrected chi connectivity index (χ1v) is 11.2. The van der Waals surface area contributed by atoms with E-state index in [1.54, 1.807) is 35.1 Å². The fourth-order valence-electron chi connectivity index (χ4n) is 4.32. The number of halogens is 3. The molecule has 1 N–H and O–H groups in total. The summed E-state index contributed by atoms with van der Waals surface area (Å²) >= 11 is 12.6. The van der Waals surface area contributed by atoms with Crippen LogP contribution in [0.4, 0.5) is 4.39 Å². The van der Waals surface area contributed by atoms with Crippen LogP contribution in [0.1, 0.15) is 42.6 Å². The van der Waals surface area contributed by atoms with E-state index in [2.05, 4.69) is 10.4 Å². The number of benzene rings is 2. The van der Waals surface area contributed by atoms with Gasteiger partial charge in [-0.3, -0.25) is 4.79 Å². The Morgan fingerprint density at radius 3 is 2.53 bits per heavy atom. The molecule has 1 fully saturated rings. The van der Waals surface area contributed by atoms with Gasteiger partial charge in [0.25, 0.3) is 0 Å². The van der Waals surface area contributed by atoms with Crippen LogP contribution in [0.25, 0.3) is 5.69 Å². The second-order valence-electron chi connectivity index (χ2n) is 8.09. The zero-order valence-electron chi connectivity index (χ0n) is 17.9. The van der Waals surface area contributed by atoms with Crippen molar-refractivity contribution in [2.24, 2.45) is 0 Å². The second-order valence-corrected chi connectivity index (χ2v) is 8.93. The zero-order chi connectivity index (χ0) is 22.9. The van der Waals surface area contributed by atoms with E-state index in [4.69, 9.17) is 27.9 Å². The van der Waals surface area contributed by atoms with E-state index < -0.39 is 5.41 Å². The lowest BCUT2D eigenvalue weighted by Gasteiger charge is -2.37. The molecule has 0 radical (unpaired) electrons. The molecule has 5 nitrogen and oxygen atoms in total. The largest absolute Gasteiger partial charge is 0.381 e. The highest BCUT2D eigenvalue weighted by molar-refractivity contribution is 6.35. The Bertz CT molecular complexity index is 1120. The van der Waals surface area contributed by atoms with Gasteiger partial charge in [0.1, 0.15) is 5.82 Å². The fraction of sp³-hybridized carbons (Fsp3) is 0.333. The maximum atomic E-state index is 13.6. The highest BCUT2D eigenvalue weighted by Crippen LogP contribution is 2.40. The van der Waals surface area contributed by atoms with Gasteiger partial charge in [0.15, 0.2) is 0 Å². The van der Waals surface area contributed by atoms with Gasteiger partial charge in [-0.05, 0) is 68.7 Å². The lowest BCUT2D eigenvalue weighted by molar-refractivity contribution is -0.131. The zero-order valence-corrected chi connectivity index (χ0v) is 19.4. The molecule has 1 atom stereocenters. The number of carbonyl (C=O) groups excluding carboxylic acids is 1. The second kappa shape index (κ2) is 9.22. The summed E-state index contributed by atoms with van der Waals surface area (Å²) in [7, 11) is 0. The van der Waals surface area contributed by atoms with Crippen LogP contribution < -0.4 is 5.32 Å². The molecule has 0 aliphatic carbocycles. The first kappa shape index (κ1) is 22.8. The molecule has 2 aromatic carbocycles. The molecule has 0 spiro atoms. The van der Waals surface area contributed by atoms with E-state index in [1.165, 1.54) is 12.1 Å². The summed E-state index contributed by atoms with van der Waals surface area (Å²) < 4.78 is 20.6. The number of nitrogens with one attached hydrogen (secondary N) is 1. The van der Waals surface area contributed by atoms with Crippen LogP contribution in [0.3, 0.4) is 0 Å². The monoisotopic (exact) mass is 475 g/mol. The Hall–Kier alpha value is -2.41. The minimum Gasteiger partial charge on any atom is -0.381 e. The number of hydrogen-bond donors (Lipinski definition) is 1. The third-order valence-electron chi connectivity index (χ3n) is 6.16. The van der Waals surface area contributed by atoms with Gasteiger partial charge in [-0.15, -0.1) is 0 Å². The molecule has 0 saturated carbocycles. The lowest BCUT2D eigenvalue weighted by Crippen LogP contribution is -2.48. The Balaban J connectivity index is 1.61. The number of ether oxygens (including phenoxy) is 1. The predicted molar refractivity (Wildman–Crippen MR) is 123 cm³/mol. The normalized spacial score (nSPS) is 16.5. The number of aromatic nitrogens is 2. The van der Waals surface area contributed by atoms with Crippen molar-refractivity contribution in [3.63, 3.8) is 0 Å². The van der Waals surface area contributed by atoms with Crippen molar-refractivity contribution in [1.29, 1.82) is 0 Å². The topological polar surface area (TPSA) is 56.1 Å².